The van der Waals surface area contributed by atoms with E-state index in [9.17, 15) is 19.1 Å². The number of hydrogen-bond donors (Lipinski definition) is 4. The summed E-state index contributed by atoms with van der Waals surface area (Å²) in [5.41, 5.74) is 0.573. The van der Waals surface area contributed by atoms with E-state index < -0.39 is 36.3 Å². The number of nitrogens with zero attached hydrogens (tertiary/aromatic N) is 1. The van der Waals surface area contributed by atoms with E-state index in [1.54, 1.807) is 17.0 Å². The first kappa shape index (κ1) is 30.1. The number of carbonyl (C=O) groups excluding carboxylic acids is 2. The number of carbonyl (C=O) groups is 2. The molecule has 38 heavy (non-hydrogen) atoms. The Morgan fingerprint density at radius 3 is 2.71 bits per heavy atom. The maximum atomic E-state index is 14.0. The first-order chi connectivity index (χ1) is 18.3. The largest absolute Gasteiger partial charge is 0.453 e. The average Bonchev–Trinajstić information content (AvgIpc) is 2.93. The lowest BCUT2D eigenvalue weighted by Crippen LogP contribution is -2.58. The van der Waals surface area contributed by atoms with Crippen molar-refractivity contribution in [3.63, 3.8) is 0 Å². The van der Waals surface area contributed by atoms with E-state index in [1.165, 1.54) is 38.5 Å². The summed E-state index contributed by atoms with van der Waals surface area (Å²) in [7, 11) is 3.13. The Balaban J connectivity index is 1.62. The van der Waals surface area contributed by atoms with Crippen LogP contribution >= 0.6 is 0 Å². The Morgan fingerprint density at radius 1 is 1.26 bits per heavy atom. The number of halogens is 1. The normalized spacial score (nSPS) is 21.7. The zero-order valence-corrected chi connectivity index (χ0v) is 22.7. The zero-order valence-electron chi connectivity index (χ0n) is 22.7. The number of morpholine rings is 1. The zero-order chi connectivity index (χ0) is 27.5. The molecule has 1 aromatic rings. The van der Waals surface area contributed by atoms with Crippen LogP contribution in [0, 0.1) is 11.7 Å². The van der Waals surface area contributed by atoms with Gasteiger partial charge in [-0.3, -0.25) is 0 Å². The maximum absolute atomic E-state index is 14.0. The van der Waals surface area contributed by atoms with Gasteiger partial charge in [-0.1, -0.05) is 31.4 Å². The second-order valence-electron chi connectivity index (χ2n) is 10.1. The van der Waals surface area contributed by atoms with Crippen LogP contribution in [0.3, 0.4) is 0 Å². The van der Waals surface area contributed by atoms with Crippen LogP contribution in [-0.4, -0.2) is 93.4 Å². The SMILES string of the molecule is CNC(C1CCCCC1)[C@H](O)[C@H](C)NC(=O)N1CCO[C@@H](C(OCCNC(=O)OC)c2cccc(F)c2)C1. The van der Waals surface area contributed by atoms with E-state index in [4.69, 9.17) is 9.47 Å². The summed E-state index contributed by atoms with van der Waals surface area (Å²) in [4.78, 5) is 26.2. The van der Waals surface area contributed by atoms with E-state index in [1.807, 2.05) is 14.0 Å². The molecule has 4 N–H and O–H groups in total. The molecular formula is C27H43FN4O6. The molecule has 1 heterocycles. The van der Waals surface area contributed by atoms with E-state index >= 15 is 0 Å². The van der Waals surface area contributed by atoms with Gasteiger partial charge in [-0.25, -0.2) is 14.0 Å². The predicted octanol–water partition coefficient (Wildman–Crippen LogP) is 2.57. The molecular weight excluding hydrogens is 495 g/mol. The molecule has 1 aliphatic carbocycles. The average molecular weight is 539 g/mol. The van der Waals surface area contributed by atoms with Crippen LogP contribution in [0.2, 0.25) is 0 Å². The molecule has 11 heteroatoms. The molecule has 3 rings (SSSR count). The molecule has 1 aromatic carbocycles. The summed E-state index contributed by atoms with van der Waals surface area (Å²) in [6.07, 6.45) is 3.19. The number of aliphatic hydroxyl groups excluding tert-OH is 1. The Labute approximate surface area is 224 Å². The van der Waals surface area contributed by atoms with Crippen LogP contribution in [-0.2, 0) is 14.2 Å². The fourth-order valence-electron chi connectivity index (χ4n) is 5.42. The molecule has 5 atom stereocenters. The topological polar surface area (TPSA) is 121 Å². The second kappa shape index (κ2) is 15.2. The lowest BCUT2D eigenvalue weighted by molar-refractivity contribution is -0.105. The van der Waals surface area contributed by atoms with Gasteiger partial charge in [0.1, 0.15) is 18.0 Å². The number of benzene rings is 1. The number of methoxy groups -OCH3 is 1. The van der Waals surface area contributed by atoms with E-state index in [0.29, 0.717) is 18.0 Å². The van der Waals surface area contributed by atoms with Gasteiger partial charge in [-0.2, -0.15) is 0 Å². The lowest BCUT2D eigenvalue weighted by atomic mass is 9.80. The van der Waals surface area contributed by atoms with Crippen LogP contribution in [0.5, 0.6) is 0 Å². The standard InChI is InChI=1S/C27H43FN4O6/c1-18(24(33)23(29-2)19-8-5-4-6-9-19)31-26(34)32-13-15-37-22(17-32)25(20-10-7-11-21(28)16-20)38-14-12-30-27(35)36-3/h7,10-11,16,18-19,22-25,29,33H,4-6,8-9,12-15,17H2,1-3H3,(H,30,35)(H,31,34)/t18-,22+,23?,24+,25?/m0/s1. The summed E-state index contributed by atoms with van der Waals surface area (Å²) in [6.45, 7) is 3.03. The first-order valence-corrected chi connectivity index (χ1v) is 13.5. The van der Waals surface area contributed by atoms with Gasteiger partial charge in [0, 0.05) is 19.1 Å². The summed E-state index contributed by atoms with van der Waals surface area (Å²) >= 11 is 0. The van der Waals surface area contributed by atoms with E-state index in [-0.39, 0.29) is 38.4 Å². The number of nitrogens with one attached hydrogen (secondary N) is 3. The van der Waals surface area contributed by atoms with Gasteiger partial charge in [0.15, 0.2) is 0 Å². The monoisotopic (exact) mass is 538 g/mol. The molecule has 1 saturated carbocycles. The van der Waals surface area contributed by atoms with Crippen molar-refractivity contribution in [3.8, 4) is 0 Å². The van der Waals surface area contributed by atoms with Crippen LogP contribution in [0.15, 0.2) is 24.3 Å². The van der Waals surface area contributed by atoms with Gasteiger partial charge in [-0.15, -0.1) is 0 Å². The maximum Gasteiger partial charge on any atom is 0.406 e. The Morgan fingerprint density at radius 2 is 2.03 bits per heavy atom. The van der Waals surface area contributed by atoms with Gasteiger partial charge < -0.3 is 40.2 Å². The predicted molar refractivity (Wildman–Crippen MR) is 140 cm³/mol. The third-order valence-electron chi connectivity index (χ3n) is 7.47. The van der Waals surface area contributed by atoms with E-state index in [0.717, 1.165) is 12.8 Å². The Hall–Kier alpha value is -2.47. The van der Waals surface area contributed by atoms with Gasteiger partial charge in [0.05, 0.1) is 39.0 Å². The number of likely N-dealkylation sites (N-methyl/N-ethyl adjacent to an activating group) is 1. The number of urea groups is 1. The molecule has 2 unspecified atom stereocenters. The van der Waals surface area contributed by atoms with Crippen molar-refractivity contribution in [2.75, 3.05) is 47.0 Å². The molecule has 0 spiro atoms. The van der Waals surface area contributed by atoms with Gasteiger partial charge in [0.2, 0.25) is 0 Å². The highest BCUT2D eigenvalue weighted by Gasteiger charge is 2.35. The Kier molecular flexibility index (Phi) is 12.0. The highest BCUT2D eigenvalue weighted by molar-refractivity contribution is 5.74. The number of ether oxygens (including phenoxy) is 3. The lowest BCUT2D eigenvalue weighted by Gasteiger charge is -2.39. The molecule has 1 saturated heterocycles. The third-order valence-corrected chi connectivity index (χ3v) is 7.47. The summed E-state index contributed by atoms with van der Waals surface area (Å²) < 4.78 is 30.6. The van der Waals surface area contributed by atoms with Gasteiger partial charge in [0.25, 0.3) is 0 Å². The van der Waals surface area contributed by atoms with Crippen molar-refractivity contribution in [2.45, 2.75) is 69.4 Å². The Bertz CT molecular complexity index is 887. The minimum atomic E-state index is -0.727. The van der Waals surface area contributed by atoms with Crippen molar-refractivity contribution in [1.82, 2.24) is 20.9 Å². The van der Waals surface area contributed by atoms with E-state index in [2.05, 4.69) is 20.7 Å². The molecule has 2 fully saturated rings. The van der Waals surface area contributed by atoms with Crippen LogP contribution in [0.25, 0.3) is 0 Å². The number of rotatable bonds is 11. The minimum absolute atomic E-state index is 0.0904. The molecule has 1 aliphatic heterocycles. The molecule has 214 valence electrons. The van der Waals surface area contributed by atoms with Gasteiger partial charge in [-0.05, 0) is 50.4 Å². The molecule has 3 amide bonds. The highest BCUT2D eigenvalue weighted by atomic mass is 19.1. The van der Waals surface area contributed by atoms with Crippen molar-refractivity contribution in [2.24, 2.45) is 5.92 Å². The summed E-state index contributed by atoms with van der Waals surface area (Å²) in [5.74, 6) is -0.0252. The number of alkyl carbamates (subject to hydrolysis) is 1. The van der Waals surface area contributed by atoms with Crippen LogP contribution in [0.4, 0.5) is 14.0 Å². The minimum Gasteiger partial charge on any atom is -0.453 e. The summed E-state index contributed by atoms with van der Waals surface area (Å²) in [6, 6.07) is 5.21. The molecule has 0 radical (unpaired) electrons. The third kappa shape index (κ3) is 8.52. The molecule has 0 bridgehead atoms. The number of hydrogen-bond acceptors (Lipinski definition) is 7. The van der Waals surface area contributed by atoms with Crippen molar-refractivity contribution >= 4 is 12.1 Å². The fourth-order valence-corrected chi connectivity index (χ4v) is 5.42. The highest BCUT2D eigenvalue weighted by Crippen LogP contribution is 2.29. The first-order valence-electron chi connectivity index (χ1n) is 13.5. The van der Waals surface area contributed by atoms with Gasteiger partial charge >= 0.3 is 12.1 Å². The quantitative estimate of drug-likeness (QED) is 0.320. The molecule has 10 nitrogen and oxygen atoms in total. The second-order valence-corrected chi connectivity index (χ2v) is 10.1. The number of aliphatic hydroxyl groups is 1. The van der Waals surface area contributed by atoms with Crippen molar-refractivity contribution < 1.29 is 33.3 Å². The fraction of sp³-hybridized carbons (Fsp3) is 0.704. The number of amides is 3. The molecule has 0 aromatic heterocycles. The van der Waals surface area contributed by atoms with Crippen LogP contribution < -0.4 is 16.0 Å². The van der Waals surface area contributed by atoms with Crippen LogP contribution in [0.1, 0.15) is 50.7 Å². The summed E-state index contributed by atoms with van der Waals surface area (Å²) in [5, 5.41) is 19.8. The smallest absolute Gasteiger partial charge is 0.406 e. The van der Waals surface area contributed by atoms with Crippen molar-refractivity contribution in [3.05, 3.63) is 35.6 Å². The molecule has 2 aliphatic rings. The van der Waals surface area contributed by atoms with Crippen molar-refractivity contribution in [1.29, 1.82) is 0 Å².